The van der Waals surface area contributed by atoms with E-state index in [1.165, 1.54) is 0 Å². The van der Waals surface area contributed by atoms with Crippen molar-refractivity contribution >= 4 is 22.7 Å². The van der Waals surface area contributed by atoms with Crippen LogP contribution in [0, 0.1) is 0 Å². The summed E-state index contributed by atoms with van der Waals surface area (Å²) >= 11 is 0. The number of amides is 1. The predicted octanol–water partition coefficient (Wildman–Crippen LogP) is 1.95. The Labute approximate surface area is 134 Å². The third-order valence-electron chi connectivity index (χ3n) is 3.43. The Morgan fingerprint density at radius 3 is 2.83 bits per heavy atom. The highest BCUT2D eigenvalue weighted by Crippen LogP contribution is 2.17. The van der Waals surface area contributed by atoms with Gasteiger partial charge in [0.05, 0.1) is 11.2 Å². The van der Waals surface area contributed by atoms with E-state index in [4.69, 9.17) is 4.42 Å². The number of fused-ring (bicyclic) bond motifs is 1. The van der Waals surface area contributed by atoms with Crippen molar-refractivity contribution in [3.05, 3.63) is 71.2 Å². The molecule has 4 rings (SSSR count). The number of nitrogens with one attached hydrogen (secondary N) is 2. The molecule has 0 bridgehead atoms. The number of carbonyl (C=O) groups is 1. The van der Waals surface area contributed by atoms with Crippen molar-refractivity contribution in [1.82, 2.24) is 19.7 Å². The minimum absolute atomic E-state index is 0.266. The van der Waals surface area contributed by atoms with E-state index >= 15 is 0 Å². The molecule has 3 aromatic heterocycles. The van der Waals surface area contributed by atoms with E-state index in [1.807, 2.05) is 0 Å². The van der Waals surface area contributed by atoms with Crippen LogP contribution in [-0.2, 0) is 0 Å². The van der Waals surface area contributed by atoms with E-state index < -0.39 is 5.76 Å². The number of anilines is 1. The second-order valence-corrected chi connectivity index (χ2v) is 5.03. The van der Waals surface area contributed by atoms with Crippen LogP contribution in [0.5, 0.6) is 0 Å². The Bertz CT molecular complexity index is 1080. The van der Waals surface area contributed by atoms with Gasteiger partial charge in [-0.2, -0.15) is 5.10 Å². The summed E-state index contributed by atoms with van der Waals surface area (Å²) < 4.78 is 6.56. The number of pyridine rings is 1. The van der Waals surface area contributed by atoms with Gasteiger partial charge in [-0.3, -0.25) is 14.8 Å². The molecule has 3 heterocycles. The fourth-order valence-corrected chi connectivity index (χ4v) is 2.30. The van der Waals surface area contributed by atoms with Gasteiger partial charge >= 0.3 is 5.76 Å². The van der Waals surface area contributed by atoms with Crippen LogP contribution in [0.3, 0.4) is 0 Å². The van der Waals surface area contributed by atoms with Gasteiger partial charge in [-0.15, -0.1) is 0 Å². The predicted molar refractivity (Wildman–Crippen MR) is 86.1 cm³/mol. The molecule has 1 amide bonds. The fourth-order valence-electron chi connectivity index (χ4n) is 2.30. The molecule has 8 heteroatoms. The van der Waals surface area contributed by atoms with Crippen molar-refractivity contribution in [3.63, 3.8) is 0 Å². The quantitative estimate of drug-likeness (QED) is 0.600. The highest BCUT2D eigenvalue weighted by atomic mass is 16.4. The van der Waals surface area contributed by atoms with E-state index in [0.717, 1.165) is 5.69 Å². The Morgan fingerprint density at radius 1 is 1.17 bits per heavy atom. The molecule has 2 N–H and O–H groups in total. The molecule has 0 saturated heterocycles. The van der Waals surface area contributed by atoms with Crippen molar-refractivity contribution in [1.29, 1.82) is 0 Å². The normalized spacial score (nSPS) is 10.8. The standard InChI is InChI=1S/C16H11N5O3/c22-15(13-5-8-21(20-13)11-3-6-17-7-4-11)18-10-1-2-12-14(9-10)24-16(23)19-12/h1-9H,(H,18,22)(H,19,23). The van der Waals surface area contributed by atoms with Gasteiger partial charge in [0.1, 0.15) is 0 Å². The molecule has 8 nitrogen and oxygen atoms in total. The molecule has 0 spiro atoms. The Kier molecular flexibility index (Phi) is 3.20. The number of H-pyrrole nitrogens is 1. The van der Waals surface area contributed by atoms with E-state index in [9.17, 15) is 9.59 Å². The molecule has 0 saturated carbocycles. The molecule has 4 aromatic rings. The van der Waals surface area contributed by atoms with E-state index in [2.05, 4.69) is 20.4 Å². The number of benzene rings is 1. The van der Waals surface area contributed by atoms with Gasteiger partial charge in [-0.25, -0.2) is 9.48 Å². The Balaban J connectivity index is 1.57. The van der Waals surface area contributed by atoms with Crippen molar-refractivity contribution in [2.45, 2.75) is 0 Å². The Hall–Kier alpha value is -3.68. The minimum Gasteiger partial charge on any atom is -0.408 e. The van der Waals surface area contributed by atoms with Gasteiger partial charge in [0.2, 0.25) is 0 Å². The summed E-state index contributed by atoms with van der Waals surface area (Å²) in [5, 5.41) is 6.96. The second kappa shape index (κ2) is 5.51. The summed E-state index contributed by atoms with van der Waals surface area (Å²) in [6, 6.07) is 10.1. The summed E-state index contributed by atoms with van der Waals surface area (Å²) in [5.41, 5.74) is 2.52. The largest absolute Gasteiger partial charge is 0.417 e. The lowest BCUT2D eigenvalue weighted by atomic mass is 10.3. The fraction of sp³-hybridized carbons (Fsp3) is 0. The number of nitrogens with zero attached hydrogens (tertiary/aromatic N) is 3. The molecule has 0 unspecified atom stereocenters. The van der Waals surface area contributed by atoms with Gasteiger partial charge in [-0.1, -0.05) is 0 Å². The summed E-state index contributed by atoms with van der Waals surface area (Å²) in [6.45, 7) is 0. The average molecular weight is 321 g/mol. The topological polar surface area (TPSA) is 106 Å². The monoisotopic (exact) mass is 321 g/mol. The lowest BCUT2D eigenvalue weighted by Crippen LogP contribution is -2.13. The lowest BCUT2D eigenvalue weighted by Gasteiger charge is -2.03. The molecule has 0 aliphatic heterocycles. The third kappa shape index (κ3) is 2.56. The van der Waals surface area contributed by atoms with Crippen molar-refractivity contribution < 1.29 is 9.21 Å². The highest BCUT2D eigenvalue weighted by molar-refractivity contribution is 6.03. The number of hydrogen-bond donors (Lipinski definition) is 2. The summed E-state index contributed by atoms with van der Waals surface area (Å²) in [7, 11) is 0. The smallest absolute Gasteiger partial charge is 0.408 e. The SMILES string of the molecule is O=C(Nc1ccc2[nH]c(=O)oc2c1)c1ccn(-c2ccncc2)n1. The molecule has 1 aromatic carbocycles. The van der Waals surface area contributed by atoms with Crippen molar-refractivity contribution in [3.8, 4) is 5.69 Å². The first-order valence-electron chi connectivity index (χ1n) is 7.09. The van der Waals surface area contributed by atoms with Crippen molar-refractivity contribution in [2.75, 3.05) is 5.32 Å². The lowest BCUT2D eigenvalue weighted by molar-refractivity contribution is 0.102. The molecule has 118 valence electrons. The van der Waals surface area contributed by atoms with E-state index in [1.54, 1.807) is 59.7 Å². The van der Waals surface area contributed by atoms with Gasteiger partial charge in [0.25, 0.3) is 5.91 Å². The minimum atomic E-state index is -0.537. The van der Waals surface area contributed by atoms with Crippen LogP contribution in [0.15, 0.2) is 64.2 Å². The number of rotatable bonds is 3. The number of aromatic nitrogens is 4. The third-order valence-corrected chi connectivity index (χ3v) is 3.43. The zero-order chi connectivity index (χ0) is 16.5. The zero-order valence-electron chi connectivity index (χ0n) is 12.3. The number of oxazole rings is 1. The first kappa shape index (κ1) is 13.9. The maximum absolute atomic E-state index is 12.3. The van der Waals surface area contributed by atoms with Crippen LogP contribution in [0.25, 0.3) is 16.8 Å². The van der Waals surface area contributed by atoms with E-state index in [0.29, 0.717) is 16.8 Å². The number of aromatic amines is 1. The summed E-state index contributed by atoms with van der Waals surface area (Å²) in [4.78, 5) is 29.9. The maximum atomic E-state index is 12.3. The molecule has 0 aliphatic carbocycles. The molecule has 24 heavy (non-hydrogen) atoms. The van der Waals surface area contributed by atoms with Gasteiger partial charge in [-0.05, 0) is 30.3 Å². The maximum Gasteiger partial charge on any atom is 0.417 e. The van der Waals surface area contributed by atoms with Gasteiger partial charge in [0, 0.05) is 30.3 Å². The Morgan fingerprint density at radius 2 is 2.00 bits per heavy atom. The van der Waals surface area contributed by atoms with Crippen molar-refractivity contribution in [2.24, 2.45) is 0 Å². The molecular weight excluding hydrogens is 310 g/mol. The van der Waals surface area contributed by atoms with Crippen LogP contribution >= 0.6 is 0 Å². The van der Waals surface area contributed by atoms with Crippen LogP contribution in [0.4, 0.5) is 5.69 Å². The highest BCUT2D eigenvalue weighted by Gasteiger charge is 2.11. The van der Waals surface area contributed by atoms with Crippen LogP contribution < -0.4 is 11.1 Å². The van der Waals surface area contributed by atoms with Crippen LogP contribution in [0.1, 0.15) is 10.5 Å². The average Bonchev–Trinajstić information content (AvgIpc) is 3.21. The number of hydrogen-bond acceptors (Lipinski definition) is 5. The second-order valence-electron chi connectivity index (χ2n) is 5.03. The molecule has 0 aliphatic rings. The molecule has 0 radical (unpaired) electrons. The zero-order valence-corrected chi connectivity index (χ0v) is 12.3. The first-order valence-corrected chi connectivity index (χ1v) is 7.09. The van der Waals surface area contributed by atoms with Gasteiger partial charge in [0.15, 0.2) is 11.3 Å². The number of carbonyl (C=O) groups excluding carboxylic acids is 1. The summed E-state index contributed by atoms with van der Waals surface area (Å²) in [6.07, 6.45) is 4.99. The molecule has 0 atom stereocenters. The van der Waals surface area contributed by atoms with E-state index in [-0.39, 0.29) is 11.6 Å². The first-order chi connectivity index (χ1) is 11.7. The molecular formula is C16H11N5O3. The molecule has 0 fully saturated rings. The summed E-state index contributed by atoms with van der Waals surface area (Å²) in [5.74, 6) is -0.899. The van der Waals surface area contributed by atoms with Crippen LogP contribution in [-0.4, -0.2) is 25.7 Å². The van der Waals surface area contributed by atoms with Crippen LogP contribution in [0.2, 0.25) is 0 Å². The van der Waals surface area contributed by atoms with Gasteiger partial charge < -0.3 is 9.73 Å².